The number of ether oxygens (including phenoxy) is 1. The number of aliphatic hydroxyl groups is 1. The monoisotopic (exact) mass is 347 g/mol. The van der Waals surface area contributed by atoms with Crippen molar-refractivity contribution in [2.24, 2.45) is 5.92 Å². The molecule has 1 heterocycles. The number of carbonyl (C=O) groups is 1. The number of fused-ring (bicyclic) bond motifs is 1. The van der Waals surface area contributed by atoms with Crippen LogP contribution >= 0.6 is 0 Å². The maximum absolute atomic E-state index is 12.4. The first-order valence-corrected chi connectivity index (χ1v) is 7.60. The number of aromatic nitrogens is 2. The summed E-state index contributed by atoms with van der Waals surface area (Å²) in [7, 11) is 1.21. The van der Waals surface area contributed by atoms with Gasteiger partial charge in [0.25, 0.3) is 11.2 Å². The van der Waals surface area contributed by atoms with Crippen molar-refractivity contribution in [3.05, 3.63) is 61.6 Å². The van der Waals surface area contributed by atoms with Crippen molar-refractivity contribution < 1.29 is 19.6 Å². The van der Waals surface area contributed by atoms with Gasteiger partial charge in [0.05, 0.1) is 23.6 Å². The third-order valence-corrected chi connectivity index (χ3v) is 4.66. The zero-order chi connectivity index (χ0) is 18.4. The molecule has 0 radical (unpaired) electrons. The SMILES string of the molecule is COC(=O)[C@@H]1[C@H](c2ccc([N+](=O)[O-])cc2)c2c([nH][nH]c2=O)C[C@@]1(C)O. The number of non-ortho nitro benzene ring substituents is 1. The molecule has 9 nitrogen and oxygen atoms in total. The topological polar surface area (TPSA) is 138 Å². The van der Waals surface area contributed by atoms with Crippen LogP contribution in [0.3, 0.4) is 0 Å². The second-order valence-electron chi connectivity index (χ2n) is 6.33. The Morgan fingerprint density at radius 2 is 2.00 bits per heavy atom. The molecule has 1 aliphatic rings. The summed E-state index contributed by atoms with van der Waals surface area (Å²) < 4.78 is 4.84. The van der Waals surface area contributed by atoms with Crippen LogP contribution in [0, 0.1) is 16.0 Å². The molecule has 0 spiro atoms. The zero-order valence-electron chi connectivity index (χ0n) is 13.6. The number of aromatic amines is 2. The lowest BCUT2D eigenvalue weighted by Crippen LogP contribution is -2.49. The van der Waals surface area contributed by atoms with Gasteiger partial charge >= 0.3 is 5.97 Å². The first-order chi connectivity index (χ1) is 11.8. The molecule has 0 saturated carbocycles. The number of nitro groups is 1. The average molecular weight is 347 g/mol. The Bertz CT molecular complexity index is 880. The third kappa shape index (κ3) is 2.72. The predicted molar refractivity (Wildman–Crippen MR) is 86.2 cm³/mol. The Morgan fingerprint density at radius 3 is 2.56 bits per heavy atom. The van der Waals surface area contributed by atoms with Gasteiger partial charge in [0.1, 0.15) is 0 Å². The van der Waals surface area contributed by atoms with E-state index in [1.54, 1.807) is 0 Å². The number of esters is 1. The normalized spacial score (nSPS) is 25.2. The van der Waals surface area contributed by atoms with E-state index in [1.165, 1.54) is 38.3 Å². The lowest BCUT2D eigenvalue weighted by atomic mass is 9.66. The number of rotatable bonds is 3. The van der Waals surface area contributed by atoms with Crippen LogP contribution in [0.1, 0.15) is 29.7 Å². The molecule has 3 N–H and O–H groups in total. The largest absolute Gasteiger partial charge is 0.469 e. The first kappa shape index (κ1) is 16.9. The van der Waals surface area contributed by atoms with E-state index in [-0.39, 0.29) is 12.1 Å². The fourth-order valence-electron chi connectivity index (χ4n) is 3.55. The second-order valence-corrected chi connectivity index (χ2v) is 6.33. The first-order valence-electron chi connectivity index (χ1n) is 7.60. The standard InChI is InChI=1S/C16H17N3O6/c1-16(22)7-10-12(14(20)18-17-10)11(13(16)15(21)25-2)8-3-5-9(6-4-8)19(23)24/h3-6,11,13,22H,7H2,1-2H3,(H2,17,18,20)/t11-,13+,16-/m1/s1. The van der Waals surface area contributed by atoms with Gasteiger partial charge in [0.15, 0.2) is 0 Å². The highest BCUT2D eigenvalue weighted by molar-refractivity contribution is 5.77. The predicted octanol–water partition coefficient (Wildman–Crippen LogP) is 0.839. The van der Waals surface area contributed by atoms with Gasteiger partial charge < -0.3 is 14.9 Å². The summed E-state index contributed by atoms with van der Waals surface area (Å²) in [6.45, 7) is 1.50. The van der Waals surface area contributed by atoms with Crippen LogP contribution in [0.2, 0.25) is 0 Å². The van der Waals surface area contributed by atoms with E-state index in [0.717, 1.165) is 0 Å². The molecule has 0 bridgehead atoms. The van der Waals surface area contributed by atoms with Crippen molar-refractivity contribution in [3.8, 4) is 0 Å². The highest BCUT2D eigenvalue weighted by atomic mass is 16.6. The molecule has 132 valence electrons. The lowest BCUT2D eigenvalue weighted by Gasteiger charge is -2.40. The van der Waals surface area contributed by atoms with Gasteiger partial charge in [-0.3, -0.25) is 24.8 Å². The summed E-state index contributed by atoms with van der Waals surface area (Å²) in [5, 5.41) is 26.9. The highest BCUT2D eigenvalue weighted by Crippen LogP contribution is 2.44. The van der Waals surface area contributed by atoms with Gasteiger partial charge in [-0.1, -0.05) is 12.1 Å². The van der Waals surface area contributed by atoms with E-state index in [0.29, 0.717) is 16.8 Å². The van der Waals surface area contributed by atoms with E-state index >= 15 is 0 Å². The Labute approximate surface area is 141 Å². The van der Waals surface area contributed by atoms with E-state index in [9.17, 15) is 24.8 Å². The summed E-state index contributed by atoms with van der Waals surface area (Å²) in [6.07, 6.45) is 0.0737. The summed E-state index contributed by atoms with van der Waals surface area (Å²) in [5.74, 6) is -2.47. The average Bonchev–Trinajstić information content (AvgIpc) is 2.92. The van der Waals surface area contributed by atoms with E-state index < -0.39 is 33.9 Å². The number of H-pyrrole nitrogens is 2. The molecule has 3 atom stereocenters. The molecule has 1 aromatic heterocycles. The number of benzene rings is 1. The number of nitro benzene ring substituents is 1. The van der Waals surface area contributed by atoms with Gasteiger partial charge in [0.2, 0.25) is 0 Å². The summed E-state index contributed by atoms with van der Waals surface area (Å²) in [6, 6.07) is 5.56. The van der Waals surface area contributed by atoms with E-state index in [2.05, 4.69) is 10.2 Å². The van der Waals surface area contributed by atoms with Crippen molar-refractivity contribution in [3.63, 3.8) is 0 Å². The van der Waals surface area contributed by atoms with Crippen molar-refractivity contribution in [2.45, 2.75) is 24.9 Å². The Hall–Kier alpha value is -2.94. The van der Waals surface area contributed by atoms with E-state index in [1.807, 2.05) is 0 Å². The maximum atomic E-state index is 12.4. The molecule has 9 heteroatoms. The van der Waals surface area contributed by atoms with Gasteiger partial charge in [-0.15, -0.1) is 0 Å². The van der Waals surface area contributed by atoms with Crippen LogP contribution in [-0.2, 0) is 16.0 Å². The van der Waals surface area contributed by atoms with Gasteiger partial charge in [-0.05, 0) is 12.5 Å². The molecular formula is C16H17N3O6. The molecule has 0 saturated heterocycles. The molecule has 1 aliphatic carbocycles. The van der Waals surface area contributed by atoms with Crippen LogP contribution in [0.4, 0.5) is 5.69 Å². The smallest absolute Gasteiger partial charge is 0.312 e. The number of methoxy groups -OCH3 is 1. The van der Waals surface area contributed by atoms with Crippen molar-refractivity contribution in [1.29, 1.82) is 0 Å². The van der Waals surface area contributed by atoms with Crippen LogP contribution in [0.5, 0.6) is 0 Å². The molecule has 3 rings (SSSR count). The Morgan fingerprint density at radius 1 is 1.36 bits per heavy atom. The molecular weight excluding hydrogens is 330 g/mol. The lowest BCUT2D eigenvalue weighted by molar-refractivity contribution is -0.384. The van der Waals surface area contributed by atoms with Crippen LogP contribution in [0.25, 0.3) is 0 Å². The maximum Gasteiger partial charge on any atom is 0.312 e. The minimum atomic E-state index is -1.46. The molecule has 0 aliphatic heterocycles. The van der Waals surface area contributed by atoms with Crippen molar-refractivity contribution >= 4 is 11.7 Å². The van der Waals surface area contributed by atoms with E-state index in [4.69, 9.17) is 4.74 Å². The van der Waals surface area contributed by atoms with Crippen molar-refractivity contribution in [1.82, 2.24) is 10.2 Å². The number of nitrogens with zero attached hydrogens (tertiary/aromatic N) is 1. The van der Waals surface area contributed by atoms with Gasteiger partial charge in [0, 0.05) is 35.7 Å². The molecule has 2 aromatic rings. The molecule has 25 heavy (non-hydrogen) atoms. The van der Waals surface area contributed by atoms with Crippen LogP contribution < -0.4 is 5.56 Å². The Kier molecular flexibility index (Phi) is 3.96. The summed E-state index contributed by atoms with van der Waals surface area (Å²) in [5.41, 5.74) is -0.633. The Balaban J connectivity index is 2.20. The minimum Gasteiger partial charge on any atom is -0.469 e. The molecule has 0 unspecified atom stereocenters. The number of nitrogens with one attached hydrogen (secondary N) is 2. The molecule has 0 amide bonds. The van der Waals surface area contributed by atoms with Gasteiger partial charge in [-0.2, -0.15) is 0 Å². The minimum absolute atomic E-state index is 0.0737. The van der Waals surface area contributed by atoms with Crippen LogP contribution in [0.15, 0.2) is 29.1 Å². The number of carbonyl (C=O) groups excluding carboxylic acids is 1. The summed E-state index contributed by atoms with van der Waals surface area (Å²) in [4.78, 5) is 35.0. The second kappa shape index (κ2) is 5.85. The molecule has 0 fully saturated rings. The summed E-state index contributed by atoms with van der Waals surface area (Å²) >= 11 is 0. The quantitative estimate of drug-likeness (QED) is 0.427. The zero-order valence-corrected chi connectivity index (χ0v) is 13.6. The molecule has 1 aromatic carbocycles. The fraction of sp³-hybridized carbons (Fsp3) is 0.375. The van der Waals surface area contributed by atoms with Crippen molar-refractivity contribution in [2.75, 3.05) is 7.11 Å². The van der Waals surface area contributed by atoms with Gasteiger partial charge in [-0.25, -0.2) is 0 Å². The highest BCUT2D eigenvalue weighted by Gasteiger charge is 2.51. The fourth-order valence-corrected chi connectivity index (χ4v) is 3.55. The van der Waals surface area contributed by atoms with Crippen LogP contribution in [-0.4, -0.2) is 38.9 Å². The number of hydrogen-bond acceptors (Lipinski definition) is 6. The third-order valence-electron chi connectivity index (χ3n) is 4.66. The number of hydrogen-bond donors (Lipinski definition) is 3.